The minimum atomic E-state index is -0.398. The Kier molecular flexibility index (Phi) is 3.94. The fourth-order valence-corrected chi connectivity index (χ4v) is 1.52. The third-order valence-electron chi connectivity index (χ3n) is 2.23. The summed E-state index contributed by atoms with van der Waals surface area (Å²) in [5.74, 6) is 0.696. The number of anilines is 1. The van der Waals surface area contributed by atoms with Crippen molar-refractivity contribution in [1.82, 2.24) is 9.97 Å². The lowest BCUT2D eigenvalue weighted by Gasteiger charge is -2.07. The maximum absolute atomic E-state index is 12.8. The maximum atomic E-state index is 12.8. The molecule has 0 unspecified atom stereocenters. The molecule has 6 heteroatoms. The number of nitrogens with zero attached hydrogens (tertiary/aromatic N) is 2. The molecule has 0 amide bonds. The van der Waals surface area contributed by atoms with Crippen LogP contribution < -0.4 is 10.1 Å². The van der Waals surface area contributed by atoms with Crippen LogP contribution in [-0.4, -0.2) is 17.0 Å². The highest BCUT2D eigenvalue weighted by molar-refractivity contribution is 6.32. The summed E-state index contributed by atoms with van der Waals surface area (Å²) < 4.78 is 18.3. The van der Waals surface area contributed by atoms with Crippen molar-refractivity contribution in [3.8, 4) is 5.75 Å². The molecule has 4 nitrogen and oxygen atoms in total. The van der Waals surface area contributed by atoms with Gasteiger partial charge in [-0.25, -0.2) is 9.37 Å². The first-order valence-corrected chi connectivity index (χ1v) is 5.63. The SMILES string of the molecule is CNc1cnc(COc2ccc(F)cc2Cl)cn1. The molecule has 0 saturated carbocycles. The van der Waals surface area contributed by atoms with Gasteiger partial charge in [-0.2, -0.15) is 0 Å². The zero-order valence-corrected chi connectivity index (χ0v) is 10.4. The van der Waals surface area contributed by atoms with Gasteiger partial charge in [0, 0.05) is 7.05 Å². The number of halogens is 2. The van der Waals surface area contributed by atoms with E-state index in [1.165, 1.54) is 18.2 Å². The van der Waals surface area contributed by atoms with Crippen LogP contribution >= 0.6 is 11.6 Å². The standard InChI is InChI=1S/C12H11ClFN3O/c1-15-12-6-16-9(5-17-12)7-18-11-3-2-8(14)4-10(11)13/h2-6H,7H2,1H3,(H,15,17). The average Bonchev–Trinajstić information content (AvgIpc) is 2.38. The van der Waals surface area contributed by atoms with E-state index in [1.54, 1.807) is 19.4 Å². The van der Waals surface area contributed by atoms with Crippen LogP contribution in [0.2, 0.25) is 5.02 Å². The summed E-state index contributed by atoms with van der Waals surface area (Å²) in [7, 11) is 1.76. The van der Waals surface area contributed by atoms with Gasteiger partial charge in [0.05, 0.1) is 23.1 Å². The predicted octanol–water partition coefficient (Wildman–Crippen LogP) is 2.89. The molecule has 2 aromatic rings. The molecular weight excluding hydrogens is 257 g/mol. The number of hydrogen-bond acceptors (Lipinski definition) is 4. The molecule has 0 bridgehead atoms. The molecule has 0 aliphatic heterocycles. The topological polar surface area (TPSA) is 47.0 Å². The summed E-state index contributed by atoms with van der Waals surface area (Å²) in [4.78, 5) is 8.24. The highest BCUT2D eigenvalue weighted by Crippen LogP contribution is 2.25. The number of ether oxygens (including phenoxy) is 1. The van der Waals surface area contributed by atoms with Gasteiger partial charge in [0.15, 0.2) is 0 Å². The van der Waals surface area contributed by atoms with E-state index in [0.29, 0.717) is 17.3 Å². The fourth-order valence-electron chi connectivity index (χ4n) is 1.30. The van der Waals surface area contributed by atoms with Crippen molar-refractivity contribution in [1.29, 1.82) is 0 Å². The molecule has 0 aliphatic carbocycles. The van der Waals surface area contributed by atoms with E-state index < -0.39 is 5.82 Å². The van der Waals surface area contributed by atoms with Crippen LogP contribution in [0.25, 0.3) is 0 Å². The smallest absolute Gasteiger partial charge is 0.144 e. The average molecular weight is 268 g/mol. The second kappa shape index (κ2) is 5.64. The van der Waals surface area contributed by atoms with Gasteiger partial charge in [0.2, 0.25) is 0 Å². The van der Waals surface area contributed by atoms with Crippen LogP contribution in [0.5, 0.6) is 5.75 Å². The summed E-state index contributed by atoms with van der Waals surface area (Å²) >= 11 is 5.83. The number of hydrogen-bond donors (Lipinski definition) is 1. The summed E-state index contributed by atoms with van der Waals surface area (Å²) in [6, 6.07) is 3.97. The van der Waals surface area contributed by atoms with E-state index in [0.717, 1.165) is 0 Å². The molecule has 0 radical (unpaired) electrons. The Labute approximate surface area is 109 Å². The van der Waals surface area contributed by atoms with Crippen LogP contribution in [0.4, 0.5) is 10.2 Å². The molecule has 1 aromatic carbocycles. The van der Waals surface area contributed by atoms with E-state index in [9.17, 15) is 4.39 Å². The molecule has 0 atom stereocenters. The largest absolute Gasteiger partial charge is 0.486 e. The van der Waals surface area contributed by atoms with Crippen molar-refractivity contribution >= 4 is 17.4 Å². The predicted molar refractivity (Wildman–Crippen MR) is 67.3 cm³/mol. The van der Waals surface area contributed by atoms with Crippen LogP contribution in [0, 0.1) is 5.82 Å². The highest BCUT2D eigenvalue weighted by Gasteiger charge is 2.04. The van der Waals surface area contributed by atoms with Crippen molar-refractivity contribution in [2.24, 2.45) is 0 Å². The van der Waals surface area contributed by atoms with Gasteiger partial charge in [-0.15, -0.1) is 0 Å². The monoisotopic (exact) mass is 267 g/mol. The molecular formula is C12H11ClFN3O. The van der Waals surface area contributed by atoms with E-state index in [-0.39, 0.29) is 11.6 Å². The Morgan fingerprint density at radius 1 is 1.33 bits per heavy atom. The zero-order valence-electron chi connectivity index (χ0n) is 9.65. The Hall–Kier alpha value is -1.88. The van der Waals surface area contributed by atoms with Gasteiger partial charge >= 0.3 is 0 Å². The van der Waals surface area contributed by atoms with Crippen molar-refractivity contribution in [2.75, 3.05) is 12.4 Å². The molecule has 18 heavy (non-hydrogen) atoms. The molecule has 1 aromatic heterocycles. The lowest BCUT2D eigenvalue weighted by Crippen LogP contribution is -2.01. The Morgan fingerprint density at radius 2 is 2.17 bits per heavy atom. The second-order valence-corrected chi connectivity index (χ2v) is 3.91. The maximum Gasteiger partial charge on any atom is 0.144 e. The van der Waals surface area contributed by atoms with Gasteiger partial charge < -0.3 is 10.1 Å². The Bertz CT molecular complexity index is 533. The molecule has 0 fully saturated rings. The van der Waals surface area contributed by atoms with Crippen molar-refractivity contribution < 1.29 is 9.13 Å². The summed E-state index contributed by atoms with van der Waals surface area (Å²) in [6.45, 7) is 0.225. The van der Waals surface area contributed by atoms with E-state index in [2.05, 4.69) is 15.3 Å². The third kappa shape index (κ3) is 3.07. The summed E-state index contributed by atoms with van der Waals surface area (Å²) in [5.41, 5.74) is 0.661. The molecule has 1 heterocycles. The van der Waals surface area contributed by atoms with E-state index >= 15 is 0 Å². The van der Waals surface area contributed by atoms with E-state index in [4.69, 9.17) is 16.3 Å². The summed E-state index contributed by atoms with van der Waals surface area (Å²) in [6.07, 6.45) is 3.20. The quantitative estimate of drug-likeness (QED) is 0.925. The number of rotatable bonds is 4. The number of benzene rings is 1. The minimum Gasteiger partial charge on any atom is -0.486 e. The molecule has 0 saturated heterocycles. The Morgan fingerprint density at radius 3 is 2.78 bits per heavy atom. The molecule has 94 valence electrons. The van der Waals surface area contributed by atoms with Gasteiger partial charge in [-0.3, -0.25) is 4.98 Å². The Balaban J connectivity index is 2.02. The lowest BCUT2D eigenvalue weighted by molar-refractivity contribution is 0.300. The van der Waals surface area contributed by atoms with Gasteiger partial charge in [-0.1, -0.05) is 11.6 Å². The van der Waals surface area contributed by atoms with Crippen LogP contribution in [0.3, 0.4) is 0 Å². The van der Waals surface area contributed by atoms with E-state index in [1.807, 2.05) is 0 Å². The summed E-state index contributed by atoms with van der Waals surface area (Å²) in [5, 5.41) is 3.10. The molecule has 0 spiro atoms. The first-order valence-electron chi connectivity index (χ1n) is 5.25. The second-order valence-electron chi connectivity index (χ2n) is 3.51. The van der Waals surface area contributed by atoms with Gasteiger partial charge in [0.1, 0.15) is 24.0 Å². The normalized spacial score (nSPS) is 10.2. The number of nitrogens with one attached hydrogen (secondary N) is 1. The zero-order chi connectivity index (χ0) is 13.0. The first-order chi connectivity index (χ1) is 8.69. The third-order valence-corrected chi connectivity index (χ3v) is 2.53. The van der Waals surface area contributed by atoms with Crippen LogP contribution in [-0.2, 0) is 6.61 Å². The van der Waals surface area contributed by atoms with Crippen LogP contribution in [0.15, 0.2) is 30.6 Å². The van der Waals surface area contributed by atoms with Crippen molar-refractivity contribution in [3.05, 3.63) is 47.1 Å². The minimum absolute atomic E-state index is 0.225. The van der Waals surface area contributed by atoms with Gasteiger partial charge in [0.25, 0.3) is 0 Å². The first kappa shape index (κ1) is 12.6. The van der Waals surface area contributed by atoms with Crippen molar-refractivity contribution in [3.63, 3.8) is 0 Å². The van der Waals surface area contributed by atoms with Crippen LogP contribution in [0.1, 0.15) is 5.69 Å². The molecule has 2 rings (SSSR count). The number of aromatic nitrogens is 2. The van der Waals surface area contributed by atoms with Gasteiger partial charge in [-0.05, 0) is 18.2 Å². The fraction of sp³-hybridized carbons (Fsp3) is 0.167. The molecule has 1 N–H and O–H groups in total. The van der Waals surface area contributed by atoms with Crippen molar-refractivity contribution in [2.45, 2.75) is 6.61 Å². The molecule has 0 aliphatic rings. The lowest BCUT2D eigenvalue weighted by atomic mass is 10.3. The highest BCUT2D eigenvalue weighted by atomic mass is 35.5.